The fraction of sp³-hybridized carbons (Fsp3) is 0.455. The summed E-state index contributed by atoms with van der Waals surface area (Å²) in [5.74, 6) is 0. The normalized spacial score (nSPS) is 10.1. The predicted octanol–water partition coefficient (Wildman–Crippen LogP) is 3.23. The number of hydrogen-bond donors (Lipinski definition) is 0. The molecule has 0 amide bonds. The number of rotatable bonds is 4. The summed E-state index contributed by atoms with van der Waals surface area (Å²) in [5.41, 5.74) is 0.501. The zero-order chi connectivity index (χ0) is 10.4. The van der Waals surface area contributed by atoms with Crippen LogP contribution in [-0.2, 0) is 0 Å². The van der Waals surface area contributed by atoms with Crippen molar-refractivity contribution in [1.82, 2.24) is 4.98 Å². The van der Waals surface area contributed by atoms with Crippen molar-refractivity contribution in [3.05, 3.63) is 23.9 Å². The highest BCUT2D eigenvalue weighted by Crippen LogP contribution is 2.25. The van der Waals surface area contributed by atoms with Gasteiger partial charge in [-0.25, -0.2) is 4.98 Å². The summed E-state index contributed by atoms with van der Waals surface area (Å²) in [6, 6.07) is 7.63. The maximum absolute atomic E-state index is 8.69. The quantitative estimate of drug-likeness (QED) is 0.710. The molecule has 0 aliphatic heterocycles. The maximum Gasteiger partial charge on any atom is 0.141 e. The molecule has 14 heavy (non-hydrogen) atoms. The van der Waals surface area contributed by atoms with E-state index < -0.39 is 0 Å². The SMILES string of the molecule is CCC(CC)Sc1cccc(C#N)n1. The fourth-order valence-electron chi connectivity index (χ4n) is 1.17. The first kappa shape index (κ1) is 11.1. The topological polar surface area (TPSA) is 36.7 Å². The minimum absolute atomic E-state index is 0.501. The molecular weight excluding hydrogens is 192 g/mol. The summed E-state index contributed by atoms with van der Waals surface area (Å²) in [4.78, 5) is 4.23. The van der Waals surface area contributed by atoms with E-state index in [1.807, 2.05) is 12.1 Å². The van der Waals surface area contributed by atoms with Gasteiger partial charge in [-0.1, -0.05) is 19.9 Å². The second-order valence-electron chi connectivity index (χ2n) is 3.03. The molecule has 0 fully saturated rings. The Balaban J connectivity index is 2.72. The van der Waals surface area contributed by atoms with E-state index >= 15 is 0 Å². The molecule has 0 bridgehead atoms. The van der Waals surface area contributed by atoms with Gasteiger partial charge in [-0.2, -0.15) is 5.26 Å². The van der Waals surface area contributed by atoms with Crippen molar-refractivity contribution in [2.75, 3.05) is 0 Å². The third kappa shape index (κ3) is 3.04. The Morgan fingerprint density at radius 2 is 2.14 bits per heavy atom. The van der Waals surface area contributed by atoms with Gasteiger partial charge in [-0.3, -0.25) is 0 Å². The predicted molar refractivity (Wildman–Crippen MR) is 59.2 cm³/mol. The van der Waals surface area contributed by atoms with E-state index in [-0.39, 0.29) is 0 Å². The molecule has 1 heterocycles. The lowest BCUT2D eigenvalue weighted by atomic mass is 10.3. The van der Waals surface area contributed by atoms with Gasteiger partial charge in [0, 0.05) is 5.25 Å². The van der Waals surface area contributed by atoms with Crippen molar-refractivity contribution in [2.45, 2.75) is 37.0 Å². The molecule has 0 aromatic carbocycles. The summed E-state index contributed by atoms with van der Waals surface area (Å²) in [5, 5.41) is 10.3. The highest BCUT2D eigenvalue weighted by atomic mass is 32.2. The third-order valence-corrected chi connectivity index (χ3v) is 3.51. The first-order valence-electron chi connectivity index (χ1n) is 4.84. The van der Waals surface area contributed by atoms with Gasteiger partial charge in [0.15, 0.2) is 0 Å². The highest BCUT2D eigenvalue weighted by Gasteiger charge is 2.06. The summed E-state index contributed by atoms with van der Waals surface area (Å²) < 4.78 is 0. The van der Waals surface area contributed by atoms with Crippen LogP contribution in [0.5, 0.6) is 0 Å². The minimum Gasteiger partial charge on any atom is -0.231 e. The van der Waals surface area contributed by atoms with E-state index in [1.165, 1.54) is 0 Å². The van der Waals surface area contributed by atoms with Crippen molar-refractivity contribution >= 4 is 11.8 Å². The van der Waals surface area contributed by atoms with E-state index in [9.17, 15) is 0 Å². The molecule has 1 aromatic rings. The van der Waals surface area contributed by atoms with Gasteiger partial charge in [-0.05, 0) is 25.0 Å². The van der Waals surface area contributed by atoms with Crippen molar-refractivity contribution in [2.24, 2.45) is 0 Å². The van der Waals surface area contributed by atoms with Crippen LogP contribution < -0.4 is 0 Å². The first-order chi connectivity index (χ1) is 6.80. The zero-order valence-corrected chi connectivity index (χ0v) is 9.34. The molecule has 0 spiro atoms. The van der Waals surface area contributed by atoms with Gasteiger partial charge in [0.1, 0.15) is 11.8 Å². The number of thioether (sulfide) groups is 1. The molecule has 3 heteroatoms. The van der Waals surface area contributed by atoms with Crippen LogP contribution in [0.15, 0.2) is 23.2 Å². The van der Waals surface area contributed by atoms with Crippen molar-refractivity contribution in [1.29, 1.82) is 5.26 Å². The summed E-state index contributed by atoms with van der Waals surface area (Å²) >= 11 is 1.76. The number of pyridine rings is 1. The van der Waals surface area contributed by atoms with Crippen LogP contribution in [-0.4, -0.2) is 10.2 Å². The van der Waals surface area contributed by atoms with Crippen molar-refractivity contribution in [3.63, 3.8) is 0 Å². The smallest absolute Gasteiger partial charge is 0.141 e. The van der Waals surface area contributed by atoms with E-state index in [4.69, 9.17) is 5.26 Å². The lowest BCUT2D eigenvalue weighted by Gasteiger charge is -2.10. The Morgan fingerprint density at radius 3 is 2.71 bits per heavy atom. The standard InChI is InChI=1S/C11H14N2S/c1-3-10(4-2)14-11-7-5-6-9(8-12)13-11/h5-7,10H,3-4H2,1-2H3. The number of nitrogens with zero attached hydrogens (tertiary/aromatic N) is 2. The average Bonchev–Trinajstić information content (AvgIpc) is 2.26. The first-order valence-corrected chi connectivity index (χ1v) is 5.72. The lowest BCUT2D eigenvalue weighted by Crippen LogP contribution is -1.98. The average molecular weight is 206 g/mol. The molecule has 0 aliphatic carbocycles. The molecule has 0 N–H and O–H groups in total. The van der Waals surface area contributed by atoms with Gasteiger partial charge in [0.05, 0.1) is 5.03 Å². The van der Waals surface area contributed by atoms with Crippen LogP contribution in [0, 0.1) is 11.3 Å². The molecule has 0 atom stereocenters. The molecule has 0 aliphatic rings. The van der Waals surface area contributed by atoms with Gasteiger partial charge < -0.3 is 0 Å². The molecule has 74 valence electrons. The second kappa shape index (κ2) is 5.66. The molecular formula is C11H14N2S. The molecule has 0 saturated carbocycles. The van der Waals surface area contributed by atoms with Crippen LogP contribution >= 0.6 is 11.8 Å². The Kier molecular flexibility index (Phi) is 4.48. The number of aromatic nitrogens is 1. The van der Waals surface area contributed by atoms with Crippen LogP contribution in [0.2, 0.25) is 0 Å². The molecule has 0 unspecified atom stereocenters. The Morgan fingerprint density at radius 1 is 1.43 bits per heavy atom. The van der Waals surface area contributed by atoms with Crippen LogP contribution in [0.1, 0.15) is 32.4 Å². The summed E-state index contributed by atoms with van der Waals surface area (Å²) in [7, 11) is 0. The fourth-order valence-corrected chi connectivity index (χ4v) is 2.15. The van der Waals surface area contributed by atoms with Crippen LogP contribution in [0.3, 0.4) is 0 Å². The minimum atomic E-state index is 0.501. The van der Waals surface area contributed by atoms with E-state index in [2.05, 4.69) is 24.9 Å². The Bertz CT molecular complexity index is 326. The van der Waals surface area contributed by atoms with Crippen molar-refractivity contribution in [3.8, 4) is 6.07 Å². The largest absolute Gasteiger partial charge is 0.231 e. The van der Waals surface area contributed by atoms with Crippen molar-refractivity contribution < 1.29 is 0 Å². The Labute approximate surface area is 89.4 Å². The van der Waals surface area contributed by atoms with E-state index in [0.717, 1.165) is 17.9 Å². The molecule has 0 radical (unpaired) electrons. The molecule has 1 aromatic heterocycles. The van der Waals surface area contributed by atoms with Gasteiger partial charge in [-0.15, -0.1) is 11.8 Å². The summed E-state index contributed by atoms with van der Waals surface area (Å²) in [6.07, 6.45) is 2.28. The van der Waals surface area contributed by atoms with Gasteiger partial charge in [0.25, 0.3) is 0 Å². The molecule has 1 rings (SSSR count). The molecule has 0 saturated heterocycles. The zero-order valence-electron chi connectivity index (χ0n) is 8.53. The monoisotopic (exact) mass is 206 g/mol. The Hall–Kier alpha value is -1.01. The molecule has 2 nitrogen and oxygen atoms in total. The maximum atomic E-state index is 8.69. The number of hydrogen-bond acceptors (Lipinski definition) is 3. The van der Waals surface area contributed by atoms with Gasteiger partial charge >= 0.3 is 0 Å². The third-order valence-electron chi connectivity index (χ3n) is 2.04. The van der Waals surface area contributed by atoms with Gasteiger partial charge in [0.2, 0.25) is 0 Å². The lowest BCUT2D eigenvalue weighted by molar-refractivity contribution is 0.790. The van der Waals surface area contributed by atoms with Crippen LogP contribution in [0.25, 0.3) is 0 Å². The summed E-state index contributed by atoms with van der Waals surface area (Å²) in [6.45, 7) is 4.35. The van der Waals surface area contributed by atoms with E-state index in [1.54, 1.807) is 17.8 Å². The number of nitriles is 1. The van der Waals surface area contributed by atoms with Crippen LogP contribution in [0.4, 0.5) is 0 Å². The van der Waals surface area contributed by atoms with E-state index in [0.29, 0.717) is 10.9 Å². The second-order valence-corrected chi connectivity index (χ2v) is 4.35. The highest BCUT2D eigenvalue weighted by molar-refractivity contribution is 7.99.